The maximum atomic E-state index is 14.9. The van der Waals surface area contributed by atoms with Gasteiger partial charge < -0.3 is 20.3 Å². The second-order valence-corrected chi connectivity index (χ2v) is 9.68. The van der Waals surface area contributed by atoms with Gasteiger partial charge in [-0.3, -0.25) is 4.79 Å². The molecule has 31 heavy (non-hydrogen) atoms. The van der Waals surface area contributed by atoms with Crippen LogP contribution < -0.4 is 15.8 Å². The lowest BCUT2D eigenvalue weighted by molar-refractivity contribution is 0.0731. The van der Waals surface area contributed by atoms with Crippen molar-refractivity contribution in [2.24, 2.45) is 0 Å². The van der Waals surface area contributed by atoms with Crippen LogP contribution in [0.2, 0.25) is 0 Å². The summed E-state index contributed by atoms with van der Waals surface area (Å²) in [6, 6.07) is 8.78. The van der Waals surface area contributed by atoms with Gasteiger partial charge in [-0.05, 0) is 43.4 Å². The molecule has 0 saturated heterocycles. The molecule has 3 aromatic rings. The molecule has 0 spiro atoms. The molecule has 2 aromatic carbocycles. The largest absolute Gasteiger partial charge is 0.491 e. The number of nitrogens with two attached hydrogens (primary N) is 1. The minimum Gasteiger partial charge on any atom is -0.491 e. The van der Waals surface area contributed by atoms with Gasteiger partial charge in [0.1, 0.15) is 23.2 Å². The Morgan fingerprint density at radius 2 is 2.16 bits per heavy atom. The Labute approximate surface area is 184 Å². The molecule has 0 bridgehead atoms. The van der Waals surface area contributed by atoms with Crippen molar-refractivity contribution in [3.8, 4) is 16.3 Å². The van der Waals surface area contributed by atoms with E-state index in [4.69, 9.17) is 10.5 Å². The van der Waals surface area contributed by atoms with Crippen molar-refractivity contribution in [2.75, 3.05) is 25.6 Å². The number of amides is 1. The van der Waals surface area contributed by atoms with Gasteiger partial charge in [0.15, 0.2) is 0 Å². The van der Waals surface area contributed by atoms with E-state index in [9.17, 15) is 14.1 Å². The van der Waals surface area contributed by atoms with Gasteiger partial charge in [0.2, 0.25) is 5.13 Å². The van der Waals surface area contributed by atoms with Crippen LogP contribution in [0.15, 0.2) is 30.3 Å². The molecule has 7 nitrogen and oxygen atoms in total. The van der Waals surface area contributed by atoms with Crippen molar-refractivity contribution in [1.29, 1.82) is 0 Å². The number of nitrogens with zero attached hydrogens (tertiary/aromatic N) is 3. The van der Waals surface area contributed by atoms with E-state index in [1.807, 2.05) is 18.2 Å². The Morgan fingerprint density at radius 3 is 2.84 bits per heavy atom. The number of anilines is 1. The topological polar surface area (TPSA) is 102 Å². The van der Waals surface area contributed by atoms with Crippen LogP contribution >= 0.6 is 19.5 Å². The van der Waals surface area contributed by atoms with Gasteiger partial charge in [0, 0.05) is 34.1 Å². The zero-order chi connectivity index (χ0) is 22.1. The van der Waals surface area contributed by atoms with E-state index in [1.165, 1.54) is 17.4 Å². The molecule has 3 N–H and O–H groups in total. The standard InChI is InChI=1S/C21H22FN4O3PS/c1-3-14-15(5-7-17(18(14)22)30(2)28)20(27)26-8-9-29-16-6-4-12(10-13(16)11-26)19-24-25-21(23)31-19/h4-7,10,28H,3,8-9,11H2,1-2H3,(H2,23,25). The summed E-state index contributed by atoms with van der Waals surface area (Å²) in [7, 11) is -1.59. The molecule has 2 heterocycles. The van der Waals surface area contributed by atoms with Crippen molar-refractivity contribution in [2.45, 2.75) is 19.9 Å². The predicted molar refractivity (Wildman–Crippen MR) is 120 cm³/mol. The monoisotopic (exact) mass is 460 g/mol. The highest BCUT2D eigenvalue weighted by Gasteiger charge is 2.26. The fourth-order valence-electron chi connectivity index (χ4n) is 3.63. The third kappa shape index (κ3) is 4.26. The molecule has 1 aliphatic heterocycles. The van der Waals surface area contributed by atoms with Crippen LogP contribution in [-0.2, 0) is 13.0 Å². The number of hydrogen-bond acceptors (Lipinski definition) is 7. The molecule has 1 aliphatic rings. The second kappa shape index (κ2) is 8.86. The van der Waals surface area contributed by atoms with Crippen molar-refractivity contribution >= 4 is 35.8 Å². The molecular formula is C21H22FN4O3PS. The molecule has 162 valence electrons. The smallest absolute Gasteiger partial charge is 0.254 e. The number of ether oxygens (including phenoxy) is 1. The van der Waals surface area contributed by atoms with Gasteiger partial charge >= 0.3 is 0 Å². The van der Waals surface area contributed by atoms with Crippen LogP contribution in [0.5, 0.6) is 5.75 Å². The predicted octanol–water partition coefficient (Wildman–Crippen LogP) is 3.17. The summed E-state index contributed by atoms with van der Waals surface area (Å²) >= 11 is 1.28. The molecule has 0 saturated carbocycles. The molecule has 1 unspecified atom stereocenters. The van der Waals surface area contributed by atoms with E-state index < -0.39 is 14.0 Å². The van der Waals surface area contributed by atoms with Gasteiger partial charge in [-0.15, -0.1) is 10.2 Å². The fourth-order valence-corrected chi connectivity index (χ4v) is 4.94. The summed E-state index contributed by atoms with van der Waals surface area (Å²) in [5.74, 6) is -0.0551. The summed E-state index contributed by atoms with van der Waals surface area (Å²) in [4.78, 5) is 24.9. The Balaban J connectivity index is 1.66. The Kier molecular flexibility index (Phi) is 6.18. The maximum Gasteiger partial charge on any atom is 0.254 e. The van der Waals surface area contributed by atoms with Crippen LogP contribution in [0.1, 0.15) is 28.4 Å². The first-order valence-electron chi connectivity index (χ1n) is 9.77. The van der Waals surface area contributed by atoms with Gasteiger partial charge in [-0.2, -0.15) is 0 Å². The van der Waals surface area contributed by atoms with Crippen LogP contribution in [0, 0.1) is 5.82 Å². The Morgan fingerprint density at radius 1 is 1.35 bits per heavy atom. The van der Waals surface area contributed by atoms with Gasteiger partial charge in [0.05, 0.1) is 14.7 Å². The number of benzene rings is 2. The lowest BCUT2D eigenvalue weighted by atomic mass is 10.0. The van der Waals surface area contributed by atoms with E-state index in [0.29, 0.717) is 53.1 Å². The summed E-state index contributed by atoms with van der Waals surface area (Å²) in [5, 5.41) is 9.26. The molecule has 4 rings (SSSR count). The number of halogens is 1. The highest BCUT2D eigenvalue weighted by Crippen LogP contribution is 2.32. The van der Waals surface area contributed by atoms with Gasteiger partial charge in [0.25, 0.3) is 5.91 Å². The number of rotatable bonds is 4. The number of carbonyl (C=O) groups is 1. The molecular weight excluding hydrogens is 438 g/mol. The van der Waals surface area contributed by atoms with Crippen molar-refractivity contribution in [3.63, 3.8) is 0 Å². The SMILES string of the molecule is CCc1c(C(=O)N2CCOc3ccc(-c4nnc(N)s4)cc3C2)ccc(P(C)O)c1F. The normalized spacial score (nSPS) is 14.5. The third-order valence-electron chi connectivity index (χ3n) is 5.17. The number of hydrogen-bond donors (Lipinski definition) is 2. The number of fused-ring (bicyclic) bond motifs is 1. The first kappa shape index (κ1) is 21.6. The van der Waals surface area contributed by atoms with E-state index >= 15 is 0 Å². The van der Waals surface area contributed by atoms with Crippen molar-refractivity contribution < 1.29 is 18.8 Å². The van der Waals surface area contributed by atoms with Crippen LogP contribution in [0.4, 0.5) is 9.52 Å². The fraction of sp³-hybridized carbons (Fsp3) is 0.286. The third-order valence-corrected chi connectivity index (χ3v) is 7.01. The maximum absolute atomic E-state index is 14.9. The van der Waals surface area contributed by atoms with Crippen LogP contribution in [0.25, 0.3) is 10.6 Å². The molecule has 1 atom stereocenters. The summed E-state index contributed by atoms with van der Waals surface area (Å²) in [5.41, 5.74) is 8.02. The average Bonchev–Trinajstić information content (AvgIpc) is 3.07. The first-order valence-corrected chi connectivity index (χ1v) is 12.3. The summed E-state index contributed by atoms with van der Waals surface area (Å²) < 4.78 is 20.7. The number of carbonyl (C=O) groups excluding carboxylic acids is 1. The Bertz CT molecular complexity index is 1140. The quantitative estimate of drug-likeness (QED) is 0.580. The highest BCUT2D eigenvalue weighted by molar-refractivity contribution is 7.59. The number of nitrogen functional groups attached to an aromatic ring is 1. The van der Waals surface area contributed by atoms with Gasteiger partial charge in [-0.1, -0.05) is 18.3 Å². The van der Waals surface area contributed by atoms with E-state index in [2.05, 4.69) is 10.2 Å². The van der Waals surface area contributed by atoms with Crippen LogP contribution in [0.3, 0.4) is 0 Å². The van der Waals surface area contributed by atoms with Crippen molar-refractivity contribution in [1.82, 2.24) is 15.1 Å². The highest BCUT2D eigenvalue weighted by atomic mass is 32.1. The van der Waals surface area contributed by atoms with Crippen LogP contribution in [-0.4, -0.2) is 45.7 Å². The molecule has 0 radical (unpaired) electrons. The molecule has 0 fully saturated rings. The molecule has 1 amide bonds. The van der Waals surface area contributed by atoms with E-state index in [1.54, 1.807) is 24.6 Å². The summed E-state index contributed by atoms with van der Waals surface area (Å²) in [6.45, 7) is 4.41. The average molecular weight is 460 g/mol. The lowest BCUT2D eigenvalue weighted by Gasteiger charge is -2.22. The minimum atomic E-state index is -1.59. The van der Waals surface area contributed by atoms with E-state index in [0.717, 1.165) is 11.1 Å². The Hall–Kier alpha value is -2.61. The lowest BCUT2D eigenvalue weighted by Crippen LogP contribution is -2.33. The molecule has 0 aliphatic carbocycles. The van der Waals surface area contributed by atoms with E-state index in [-0.39, 0.29) is 11.2 Å². The van der Waals surface area contributed by atoms with Crippen molar-refractivity contribution in [3.05, 3.63) is 52.8 Å². The first-order chi connectivity index (χ1) is 14.9. The molecule has 10 heteroatoms. The zero-order valence-corrected chi connectivity index (χ0v) is 18.8. The number of aromatic nitrogens is 2. The second-order valence-electron chi connectivity index (χ2n) is 7.15. The summed E-state index contributed by atoms with van der Waals surface area (Å²) in [6.07, 6.45) is 0.355. The van der Waals surface area contributed by atoms with Gasteiger partial charge in [-0.25, -0.2) is 4.39 Å². The minimum absolute atomic E-state index is 0.258. The molecule has 1 aromatic heterocycles. The zero-order valence-electron chi connectivity index (χ0n) is 17.1.